The van der Waals surface area contributed by atoms with Crippen LogP contribution in [0.2, 0.25) is 0 Å². The molecule has 4 heterocycles. The molecule has 1 fully saturated rings. The van der Waals surface area contributed by atoms with Crippen molar-refractivity contribution in [2.24, 2.45) is 0 Å². The Bertz CT molecular complexity index is 1150. The van der Waals surface area contributed by atoms with Crippen LogP contribution in [0.5, 0.6) is 5.75 Å². The Balaban J connectivity index is 1.64. The number of rotatable bonds is 4. The van der Waals surface area contributed by atoms with Crippen LogP contribution in [-0.2, 0) is 22.9 Å². The summed E-state index contributed by atoms with van der Waals surface area (Å²) in [6.45, 7) is 1.61. The van der Waals surface area contributed by atoms with Crippen molar-refractivity contribution < 1.29 is 13.2 Å². The summed E-state index contributed by atoms with van der Waals surface area (Å²) in [5, 5.41) is 0. The van der Waals surface area contributed by atoms with Crippen LogP contribution in [0.3, 0.4) is 0 Å². The van der Waals surface area contributed by atoms with Crippen LogP contribution in [0.15, 0.2) is 47.6 Å². The van der Waals surface area contributed by atoms with Gasteiger partial charge in [0.2, 0.25) is 0 Å². The van der Waals surface area contributed by atoms with E-state index in [9.17, 15) is 8.42 Å². The molecule has 2 aromatic heterocycles. The third-order valence-electron chi connectivity index (χ3n) is 5.94. The fourth-order valence-corrected chi connectivity index (χ4v) is 5.99. The molecule has 0 unspecified atom stereocenters. The lowest BCUT2D eigenvalue weighted by molar-refractivity contribution is 0.309. The van der Waals surface area contributed by atoms with Crippen LogP contribution in [0.25, 0.3) is 11.0 Å². The molecule has 7 heteroatoms. The van der Waals surface area contributed by atoms with Gasteiger partial charge in [0.05, 0.1) is 17.6 Å². The molecule has 0 saturated carbocycles. The van der Waals surface area contributed by atoms with Gasteiger partial charge >= 0.3 is 0 Å². The predicted octanol–water partition coefficient (Wildman–Crippen LogP) is 2.84. The Morgan fingerprint density at radius 1 is 1.25 bits per heavy atom. The zero-order valence-corrected chi connectivity index (χ0v) is 16.7. The molecule has 1 saturated heterocycles. The lowest BCUT2D eigenvalue weighted by Crippen LogP contribution is -2.26. The summed E-state index contributed by atoms with van der Waals surface area (Å²) in [4.78, 5) is 7.09. The minimum atomic E-state index is -3.78. The molecule has 0 bridgehead atoms. The number of nitrogens with zero attached hydrogens (tertiary/aromatic N) is 3. The van der Waals surface area contributed by atoms with E-state index in [1.165, 1.54) is 10.4 Å². The number of hydrogen-bond acceptors (Lipinski definition) is 5. The second kappa shape index (κ2) is 6.60. The van der Waals surface area contributed by atoms with Crippen molar-refractivity contribution >= 4 is 21.1 Å². The monoisotopic (exact) mass is 397 g/mol. The molecular formula is C21H23N3O3S. The van der Waals surface area contributed by atoms with Crippen molar-refractivity contribution in [2.45, 2.75) is 36.6 Å². The van der Waals surface area contributed by atoms with Crippen molar-refractivity contribution in [1.29, 1.82) is 0 Å². The number of hydrogen-bond donors (Lipinski definition) is 0. The third-order valence-corrected chi connectivity index (χ3v) is 7.64. The number of benzene rings is 1. The standard InChI is InChI=1S/C21H23N3O3S/c1-23-11-4-6-17(23)13-16-14-24(18-7-3-10-22-20(16)18)28(25,26)19-8-2-5-15-9-12-27-21(15)19/h2-3,5,7-8,10,14,17H,4,6,9,11-13H2,1H3/t17-/m0/s1. The Morgan fingerprint density at radius 3 is 2.96 bits per heavy atom. The maximum atomic E-state index is 13.6. The first-order valence-corrected chi connectivity index (χ1v) is 11.1. The van der Waals surface area contributed by atoms with Crippen molar-refractivity contribution in [3.63, 3.8) is 0 Å². The summed E-state index contributed by atoms with van der Waals surface area (Å²) >= 11 is 0. The Labute approximate surface area is 164 Å². The number of ether oxygens (including phenoxy) is 1. The molecule has 1 aromatic carbocycles. The summed E-state index contributed by atoms with van der Waals surface area (Å²) in [5.74, 6) is 0.491. The van der Waals surface area contributed by atoms with Gasteiger partial charge in [0.25, 0.3) is 10.0 Å². The van der Waals surface area contributed by atoms with Gasteiger partial charge in [-0.25, -0.2) is 12.4 Å². The maximum absolute atomic E-state index is 13.6. The van der Waals surface area contributed by atoms with Crippen molar-refractivity contribution in [3.8, 4) is 5.75 Å². The average molecular weight is 398 g/mol. The van der Waals surface area contributed by atoms with Gasteiger partial charge in [0, 0.05) is 24.9 Å². The molecule has 2 aliphatic heterocycles. The second-order valence-corrected chi connectivity index (χ2v) is 9.43. The fourth-order valence-electron chi connectivity index (χ4n) is 4.43. The van der Waals surface area contributed by atoms with E-state index in [0.717, 1.165) is 42.5 Å². The van der Waals surface area contributed by atoms with Gasteiger partial charge < -0.3 is 9.64 Å². The van der Waals surface area contributed by atoms with Crippen molar-refractivity contribution in [1.82, 2.24) is 13.9 Å². The molecule has 5 rings (SSSR count). The highest BCUT2D eigenvalue weighted by Gasteiger charge is 2.30. The number of fused-ring (bicyclic) bond motifs is 2. The maximum Gasteiger partial charge on any atom is 0.271 e. The zero-order chi connectivity index (χ0) is 19.3. The summed E-state index contributed by atoms with van der Waals surface area (Å²) in [6.07, 6.45) is 7.33. The average Bonchev–Trinajstić information content (AvgIpc) is 3.41. The van der Waals surface area contributed by atoms with Crippen molar-refractivity contribution in [2.75, 3.05) is 20.2 Å². The normalized spacial score (nSPS) is 19.8. The smallest absolute Gasteiger partial charge is 0.271 e. The predicted molar refractivity (Wildman–Crippen MR) is 107 cm³/mol. The second-order valence-electron chi connectivity index (χ2n) is 7.65. The Hall–Kier alpha value is -2.38. The zero-order valence-electron chi connectivity index (χ0n) is 15.8. The van der Waals surface area contributed by atoms with E-state index in [-0.39, 0.29) is 4.90 Å². The topological polar surface area (TPSA) is 64.4 Å². The van der Waals surface area contributed by atoms with E-state index in [0.29, 0.717) is 23.9 Å². The van der Waals surface area contributed by atoms with Crippen LogP contribution in [0.1, 0.15) is 24.0 Å². The highest BCUT2D eigenvalue weighted by molar-refractivity contribution is 7.90. The molecule has 3 aromatic rings. The van der Waals surface area contributed by atoms with Gasteiger partial charge in [-0.15, -0.1) is 0 Å². The first kappa shape index (κ1) is 17.7. The molecule has 6 nitrogen and oxygen atoms in total. The Kier molecular flexibility index (Phi) is 4.17. The van der Waals surface area contributed by atoms with E-state index in [1.54, 1.807) is 30.6 Å². The fraction of sp³-hybridized carbons (Fsp3) is 0.381. The number of pyridine rings is 1. The van der Waals surface area contributed by atoms with Crippen LogP contribution >= 0.6 is 0 Å². The van der Waals surface area contributed by atoms with Gasteiger partial charge in [-0.05, 0) is 62.2 Å². The Morgan fingerprint density at radius 2 is 2.14 bits per heavy atom. The third kappa shape index (κ3) is 2.72. The molecular weight excluding hydrogens is 374 g/mol. The van der Waals surface area contributed by atoms with Crippen LogP contribution in [-0.4, -0.2) is 48.5 Å². The summed E-state index contributed by atoms with van der Waals surface area (Å²) in [7, 11) is -1.65. The molecule has 0 amide bonds. The summed E-state index contributed by atoms with van der Waals surface area (Å²) in [5.41, 5.74) is 3.31. The van der Waals surface area contributed by atoms with E-state index >= 15 is 0 Å². The molecule has 0 aliphatic carbocycles. The van der Waals surface area contributed by atoms with E-state index in [1.807, 2.05) is 12.1 Å². The van der Waals surface area contributed by atoms with Gasteiger partial charge in [-0.1, -0.05) is 12.1 Å². The van der Waals surface area contributed by atoms with Gasteiger partial charge in [0.1, 0.15) is 10.6 Å². The summed E-state index contributed by atoms with van der Waals surface area (Å²) < 4.78 is 34.2. The van der Waals surface area contributed by atoms with E-state index in [4.69, 9.17) is 4.74 Å². The largest absolute Gasteiger partial charge is 0.492 e. The highest BCUT2D eigenvalue weighted by Crippen LogP contribution is 2.35. The lowest BCUT2D eigenvalue weighted by Gasteiger charge is -2.18. The number of para-hydroxylation sites is 1. The first-order chi connectivity index (χ1) is 13.6. The highest BCUT2D eigenvalue weighted by atomic mass is 32.2. The molecule has 0 spiro atoms. The van der Waals surface area contributed by atoms with Crippen LogP contribution in [0.4, 0.5) is 0 Å². The molecule has 1 atom stereocenters. The first-order valence-electron chi connectivity index (χ1n) is 9.71. The SMILES string of the molecule is CN1CCC[C@H]1Cc1cn(S(=O)(=O)c2cccc3c2OCC3)c2cccnc12. The lowest BCUT2D eigenvalue weighted by atomic mass is 10.1. The molecule has 0 N–H and O–H groups in total. The minimum Gasteiger partial charge on any atom is -0.492 e. The molecule has 2 aliphatic rings. The number of likely N-dealkylation sites (N-methyl/N-ethyl adjacent to an activating group) is 1. The van der Waals surface area contributed by atoms with Crippen molar-refractivity contribution in [3.05, 3.63) is 53.9 Å². The molecule has 28 heavy (non-hydrogen) atoms. The van der Waals surface area contributed by atoms with Gasteiger partial charge in [-0.2, -0.15) is 0 Å². The summed E-state index contributed by atoms with van der Waals surface area (Å²) in [6, 6.07) is 9.38. The van der Waals surface area contributed by atoms with Gasteiger partial charge in [0.15, 0.2) is 0 Å². The molecule has 146 valence electrons. The van der Waals surface area contributed by atoms with E-state index < -0.39 is 10.0 Å². The van der Waals surface area contributed by atoms with Crippen LogP contribution in [0, 0.1) is 0 Å². The van der Waals surface area contributed by atoms with E-state index in [2.05, 4.69) is 16.9 Å². The number of likely N-dealkylation sites (tertiary alicyclic amines) is 1. The minimum absolute atomic E-state index is 0.229. The quantitative estimate of drug-likeness (QED) is 0.677. The number of aromatic nitrogens is 2. The van der Waals surface area contributed by atoms with Crippen LogP contribution < -0.4 is 4.74 Å². The molecule has 0 radical (unpaired) electrons. The van der Waals surface area contributed by atoms with Gasteiger partial charge in [-0.3, -0.25) is 4.98 Å².